The Morgan fingerprint density at radius 2 is 1.85 bits per heavy atom. The largest absolute Gasteiger partial charge is 0.416 e. The summed E-state index contributed by atoms with van der Waals surface area (Å²) in [7, 11) is 2.00. The summed E-state index contributed by atoms with van der Waals surface area (Å²) in [4.78, 5) is 20.5. The molecule has 3 rings (SSSR count). The van der Waals surface area contributed by atoms with E-state index in [0.29, 0.717) is 24.5 Å². The molecule has 1 aliphatic heterocycles. The Kier molecular flexibility index (Phi) is 5.57. The van der Waals surface area contributed by atoms with Gasteiger partial charge in [0.15, 0.2) is 0 Å². The van der Waals surface area contributed by atoms with Crippen molar-refractivity contribution in [1.29, 1.82) is 0 Å². The van der Waals surface area contributed by atoms with Crippen LogP contribution in [-0.4, -0.2) is 53.9 Å². The van der Waals surface area contributed by atoms with Gasteiger partial charge in [0.05, 0.1) is 28.2 Å². The quantitative estimate of drug-likeness (QED) is 0.852. The number of aromatic nitrogens is 1. The van der Waals surface area contributed by atoms with Crippen LogP contribution in [0.25, 0.3) is 0 Å². The smallest absolute Gasteiger partial charge is 0.353 e. The molecule has 144 valence electrons. The zero-order chi connectivity index (χ0) is 19.6. The van der Waals surface area contributed by atoms with Crippen molar-refractivity contribution in [3.05, 3.63) is 52.8 Å². The maximum absolute atomic E-state index is 12.9. The summed E-state index contributed by atoms with van der Waals surface area (Å²) in [6, 6.07) is 6.18. The van der Waals surface area contributed by atoms with Gasteiger partial charge in [0.1, 0.15) is 5.69 Å². The van der Waals surface area contributed by atoms with E-state index in [1.807, 2.05) is 7.05 Å². The van der Waals surface area contributed by atoms with Crippen molar-refractivity contribution in [2.75, 3.05) is 38.5 Å². The predicted octanol–water partition coefficient (Wildman–Crippen LogP) is 3.89. The van der Waals surface area contributed by atoms with E-state index >= 15 is 0 Å². The van der Waals surface area contributed by atoms with E-state index in [-0.39, 0.29) is 16.6 Å². The third-order valence-corrected chi connectivity index (χ3v) is 4.68. The van der Waals surface area contributed by atoms with Crippen LogP contribution in [0, 0.1) is 0 Å². The second kappa shape index (κ2) is 7.74. The Hall–Kier alpha value is -2.32. The molecule has 9 heteroatoms. The van der Waals surface area contributed by atoms with Gasteiger partial charge in [-0.2, -0.15) is 13.2 Å². The molecule has 27 heavy (non-hydrogen) atoms. The molecule has 0 atom stereocenters. The van der Waals surface area contributed by atoms with E-state index in [0.717, 1.165) is 25.2 Å². The molecule has 2 heterocycles. The summed E-state index contributed by atoms with van der Waals surface area (Å²) in [6.45, 7) is 2.88. The number of benzene rings is 1. The van der Waals surface area contributed by atoms with Crippen LogP contribution in [0.4, 0.5) is 24.5 Å². The number of nitrogens with zero attached hydrogens (tertiary/aromatic N) is 3. The molecule has 0 radical (unpaired) electrons. The molecule has 1 fully saturated rings. The number of carbonyl (C=O) groups is 1. The highest BCUT2D eigenvalue weighted by Crippen LogP contribution is 2.34. The highest BCUT2D eigenvalue weighted by atomic mass is 35.5. The van der Waals surface area contributed by atoms with Gasteiger partial charge in [0.2, 0.25) is 0 Å². The van der Waals surface area contributed by atoms with Gasteiger partial charge >= 0.3 is 6.18 Å². The van der Waals surface area contributed by atoms with Crippen LogP contribution >= 0.6 is 11.6 Å². The van der Waals surface area contributed by atoms with Gasteiger partial charge < -0.3 is 15.1 Å². The molecule has 2 aromatic rings. The van der Waals surface area contributed by atoms with Crippen molar-refractivity contribution in [2.24, 2.45) is 0 Å². The molecule has 5 nitrogen and oxygen atoms in total. The summed E-state index contributed by atoms with van der Waals surface area (Å²) >= 11 is 5.98. The average Bonchev–Trinajstić information content (AvgIpc) is 2.63. The van der Waals surface area contributed by atoms with Gasteiger partial charge in [0, 0.05) is 26.2 Å². The maximum atomic E-state index is 12.9. The zero-order valence-electron chi connectivity index (χ0n) is 14.6. The number of hydrogen-bond acceptors (Lipinski definition) is 4. The molecular weight excluding hydrogens is 381 g/mol. The van der Waals surface area contributed by atoms with Gasteiger partial charge in [-0.3, -0.25) is 4.79 Å². The van der Waals surface area contributed by atoms with Gasteiger partial charge in [-0.25, -0.2) is 4.98 Å². The maximum Gasteiger partial charge on any atom is 0.416 e. The van der Waals surface area contributed by atoms with Crippen LogP contribution in [0.2, 0.25) is 5.02 Å². The third kappa shape index (κ3) is 4.70. The molecular formula is C18H18ClF3N4O. The Morgan fingerprint density at radius 1 is 1.15 bits per heavy atom. The van der Waals surface area contributed by atoms with Gasteiger partial charge in [-0.1, -0.05) is 11.6 Å². The molecule has 1 N–H and O–H groups in total. The Balaban J connectivity index is 1.72. The number of hydrogen-bond donors (Lipinski definition) is 1. The molecule has 0 spiro atoms. The first-order valence-electron chi connectivity index (χ1n) is 8.31. The van der Waals surface area contributed by atoms with Crippen molar-refractivity contribution in [3.63, 3.8) is 0 Å². The summed E-state index contributed by atoms with van der Waals surface area (Å²) in [5.41, 5.74) is 0.0436. The van der Waals surface area contributed by atoms with Crippen LogP contribution in [0.5, 0.6) is 0 Å². The number of likely N-dealkylation sites (N-methyl/N-ethyl adjacent to an activating group) is 1. The van der Waals surface area contributed by atoms with Crippen molar-refractivity contribution < 1.29 is 18.0 Å². The van der Waals surface area contributed by atoms with Crippen LogP contribution in [0.3, 0.4) is 0 Å². The van der Waals surface area contributed by atoms with Gasteiger partial charge in [0.25, 0.3) is 5.91 Å². The molecule has 1 aromatic carbocycles. The zero-order valence-corrected chi connectivity index (χ0v) is 15.3. The number of amides is 1. The fourth-order valence-electron chi connectivity index (χ4n) is 2.72. The van der Waals surface area contributed by atoms with Crippen molar-refractivity contribution in [1.82, 2.24) is 14.8 Å². The van der Waals surface area contributed by atoms with E-state index in [9.17, 15) is 18.0 Å². The fourth-order valence-corrected chi connectivity index (χ4v) is 2.88. The van der Waals surface area contributed by atoms with E-state index in [4.69, 9.17) is 11.6 Å². The standard InChI is InChI=1S/C18H18ClF3N4O/c1-25-6-8-26(9-7-25)17(27)15-5-3-13(11-23-15)24-16-10-12(18(20,21)22)2-4-14(16)19/h2-5,10-11,24H,6-9H2,1H3. The van der Waals surface area contributed by atoms with E-state index in [1.54, 1.807) is 17.0 Å². The predicted molar refractivity (Wildman–Crippen MR) is 97.4 cm³/mol. The van der Waals surface area contributed by atoms with Crippen molar-refractivity contribution in [3.8, 4) is 0 Å². The number of alkyl halides is 3. The van der Waals surface area contributed by atoms with Crippen molar-refractivity contribution >= 4 is 28.9 Å². The number of pyridine rings is 1. The molecule has 0 saturated carbocycles. The summed E-state index contributed by atoms with van der Waals surface area (Å²) in [5.74, 6) is -0.160. The Bertz CT molecular complexity index is 818. The lowest BCUT2D eigenvalue weighted by atomic mass is 10.2. The molecule has 1 aliphatic rings. The lowest BCUT2D eigenvalue weighted by Gasteiger charge is -2.32. The molecule has 1 aromatic heterocycles. The molecule has 1 saturated heterocycles. The Morgan fingerprint density at radius 3 is 2.44 bits per heavy atom. The summed E-state index contributed by atoms with van der Waals surface area (Å²) < 4.78 is 38.6. The minimum Gasteiger partial charge on any atom is -0.353 e. The van der Waals surface area contributed by atoms with E-state index < -0.39 is 11.7 Å². The second-order valence-electron chi connectivity index (χ2n) is 6.34. The van der Waals surface area contributed by atoms with Gasteiger partial charge in [-0.15, -0.1) is 0 Å². The molecule has 1 amide bonds. The monoisotopic (exact) mass is 398 g/mol. The Labute approximate surface area is 159 Å². The highest BCUT2D eigenvalue weighted by molar-refractivity contribution is 6.33. The van der Waals surface area contributed by atoms with Crippen LogP contribution in [0.15, 0.2) is 36.5 Å². The first-order chi connectivity index (χ1) is 12.7. The first-order valence-corrected chi connectivity index (χ1v) is 8.69. The van der Waals surface area contributed by atoms with Gasteiger partial charge in [-0.05, 0) is 37.4 Å². The number of anilines is 2. The summed E-state index contributed by atoms with van der Waals surface area (Å²) in [6.07, 6.45) is -3.06. The first kappa shape index (κ1) is 19.4. The van der Waals surface area contributed by atoms with Crippen molar-refractivity contribution in [2.45, 2.75) is 6.18 Å². The van der Waals surface area contributed by atoms with E-state index in [1.165, 1.54) is 12.3 Å². The normalized spacial score (nSPS) is 15.7. The topological polar surface area (TPSA) is 48.5 Å². The van der Waals surface area contributed by atoms with E-state index in [2.05, 4.69) is 15.2 Å². The van der Waals surface area contributed by atoms with Crippen LogP contribution in [-0.2, 0) is 6.18 Å². The lowest BCUT2D eigenvalue weighted by Crippen LogP contribution is -2.47. The number of nitrogens with one attached hydrogen (secondary N) is 1. The number of piperazine rings is 1. The summed E-state index contributed by atoms with van der Waals surface area (Å²) in [5, 5.41) is 2.96. The minimum absolute atomic E-state index is 0.117. The SMILES string of the molecule is CN1CCN(C(=O)c2ccc(Nc3cc(C(F)(F)F)ccc3Cl)cn2)CC1. The lowest BCUT2D eigenvalue weighted by molar-refractivity contribution is -0.137. The average molecular weight is 399 g/mol. The molecule has 0 bridgehead atoms. The number of rotatable bonds is 3. The molecule has 0 unspecified atom stereocenters. The second-order valence-corrected chi connectivity index (χ2v) is 6.75. The minimum atomic E-state index is -4.46. The molecule has 0 aliphatic carbocycles. The highest BCUT2D eigenvalue weighted by Gasteiger charge is 2.31. The number of halogens is 4. The number of carbonyl (C=O) groups excluding carboxylic acids is 1. The fraction of sp³-hybridized carbons (Fsp3) is 0.333. The third-order valence-electron chi connectivity index (χ3n) is 4.35. The van der Waals surface area contributed by atoms with Crippen LogP contribution < -0.4 is 5.32 Å². The van der Waals surface area contributed by atoms with Crippen LogP contribution in [0.1, 0.15) is 16.1 Å².